The highest BCUT2D eigenvalue weighted by Crippen LogP contribution is 2.27. The lowest BCUT2D eigenvalue weighted by Gasteiger charge is -2.12. The number of hydrogen-bond donors (Lipinski definition) is 0. The molecule has 0 spiro atoms. The van der Waals surface area contributed by atoms with Crippen molar-refractivity contribution >= 4 is 23.4 Å². The summed E-state index contributed by atoms with van der Waals surface area (Å²) in [5.74, 6) is 2.28. The van der Waals surface area contributed by atoms with E-state index in [2.05, 4.69) is 46.8 Å². The minimum atomic E-state index is 0.522. The second-order valence-electron chi connectivity index (χ2n) is 6.10. The molecule has 1 aromatic heterocycles. The van der Waals surface area contributed by atoms with Crippen LogP contribution in [0.15, 0.2) is 59.8 Å². The minimum Gasteiger partial charge on any atom is -0.302 e. The number of halogens is 1. The first-order chi connectivity index (χ1) is 11.6. The first kappa shape index (κ1) is 17.1. The minimum absolute atomic E-state index is 0.522. The topological polar surface area (TPSA) is 30.7 Å². The standard InChI is InChI=1S/C19H20ClN3S/c1-14(2)12-23-18(16-8-4-3-5-9-16)21-22-19(23)24-13-15-7-6-10-17(20)11-15/h3-11,14H,12-13H2,1-2H3. The molecule has 0 atom stereocenters. The van der Waals surface area contributed by atoms with Gasteiger partial charge in [0.2, 0.25) is 0 Å². The highest BCUT2D eigenvalue weighted by atomic mass is 35.5. The van der Waals surface area contributed by atoms with Gasteiger partial charge in [-0.3, -0.25) is 0 Å². The van der Waals surface area contributed by atoms with Gasteiger partial charge in [0.25, 0.3) is 0 Å². The summed E-state index contributed by atoms with van der Waals surface area (Å²) < 4.78 is 2.22. The molecule has 3 rings (SSSR count). The average molecular weight is 358 g/mol. The van der Waals surface area contributed by atoms with Crippen LogP contribution in [-0.2, 0) is 12.3 Å². The number of rotatable bonds is 6. The van der Waals surface area contributed by atoms with E-state index < -0.39 is 0 Å². The molecule has 0 bridgehead atoms. The Kier molecular flexibility index (Phi) is 5.59. The second-order valence-corrected chi connectivity index (χ2v) is 7.47. The first-order valence-electron chi connectivity index (χ1n) is 7.99. The molecule has 0 saturated heterocycles. The van der Waals surface area contributed by atoms with E-state index in [0.717, 1.165) is 33.9 Å². The Bertz CT molecular complexity index is 799. The molecule has 5 heteroatoms. The van der Waals surface area contributed by atoms with Gasteiger partial charge in [-0.15, -0.1) is 10.2 Å². The Morgan fingerprint density at radius 2 is 1.83 bits per heavy atom. The fraction of sp³-hybridized carbons (Fsp3) is 0.263. The van der Waals surface area contributed by atoms with E-state index in [4.69, 9.17) is 11.6 Å². The van der Waals surface area contributed by atoms with E-state index >= 15 is 0 Å². The van der Waals surface area contributed by atoms with E-state index in [1.54, 1.807) is 11.8 Å². The van der Waals surface area contributed by atoms with Gasteiger partial charge in [-0.2, -0.15) is 0 Å². The molecule has 0 radical (unpaired) electrons. The van der Waals surface area contributed by atoms with Gasteiger partial charge in [-0.1, -0.05) is 79.7 Å². The molecule has 0 aliphatic heterocycles. The molecule has 0 aliphatic rings. The number of benzene rings is 2. The van der Waals surface area contributed by atoms with Crippen LogP contribution in [0, 0.1) is 5.92 Å². The van der Waals surface area contributed by atoms with Crippen LogP contribution in [0.1, 0.15) is 19.4 Å². The van der Waals surface area contributed by atoms with E-state index in [1.807, 2.05) is 36.4 Å². The van der Waals surface area contributed by atoms with Crippen molar-refractivity contribution in [3.8, 4) is 11.4 Å². The van der Waals surface area contributed by atoms with Gasteiger partial charge < -0.3 is 4.57 Å². The summed E-state index contributed by atoms with van der Waals surface area (Å²) in [4.78, 5) is 0. The van der Waals surface area contributed by atoms with Gasteiger partial charge in [0.05, 0.1) is 0 Å². The van der Waals surface area contributed by atoms with Crippen LogP contribution in [0.2, 0.25) is 5.02 Å². The molecule has 0 N–H and O–H groups in total. The number of nitrogens with zero attached hydrogens (tertiary/aromatic N) is 3. The molecule has 3 aromatic rings. The fourth-order valence-electron chi connectivity index (χ4n) is 2.50. The molecule has 2 aromatic carbocycles. The summed E-state index contributed by atoms with van der Waals surface area (Å²) in [6.07, 6.45) is 0. The van der Waals surface area contributed by atoms with Crippen LogP contribution in [0.5, 0.6) is 0 Å². The van der Waals surface area contributed by atoms with Crippen LogP contribution in [0.3, 0.4) is 0 Å². The predicted molar refractivity (Wildman–Crippen MR) is 101 cm³/mol. The van der Waals surface area contributed by atoms with Crippen LogP contribution in [0.25, 0.3) is 11.4 Å². The molecule has 0 unspecified atom stereocenters. The Labute approximate surface area is 152 Å². The molecular weight excluding hydrogens is 338 g/mol. The predicted octanol–water partition coefficient (Wildman–Crippen LogP) is 5.55. The number of thioether (sulfide) groups is 1. The molecule has 124 valence electrons. The highest BCUT2D eigenvalue weighted by molar-refractivity contribution is 7.98. The molecule has 0 amide bonds. The fourth-order valence-corrected chi connectivity index (χ4v) is 3.60. The average Bonchev–Trinajstić information content (AvgIpc) is 2.96. The largest absolute Gasteiger partial charge is 0.302 e. The van der Waals surface area contributed by atoms with Crippen LogP contribution < -0.4 is 0 Å². The Morgan fingerprint density at radius 1 is 1.04 bits per heavy atom. The zero-order chi connectivity index (χ0) is 16.9. The maximum atomic E-state index is 6.07. The van der Waals surface area contributed by atoms with Crippen molar-refractivity contribution in [1.82, 2.24) is 14.8 Å². The summed E-state index contributed by atoms with van der Waals surface area (Å²) in [5.41, 5.74) is 2.29. The second kappa shape index (κ2) is 7.86. The number of hydrogen-bond acceptors (Lipinski definition) is 3. The SMILES string of the molecule is CC(C)Cn1c(SCc2cccc(Cl)c2)nnc1-c1ccccc1. The van der Waals surface area contributed by atoms with Gasteiger partial charge in [0.15, 0.2) is 11.0 Å². The molecule has 0 fully saturated rings. The highest BCUT2D eigenvalue weighted by Gasteiger charge is 2.15. The van der Waals surface area contributed by atoms with Gasteiger partial charge in [0, 0.05) is 22.9 Å². The summed E-state index contributed by atoms with van der Waals surface area (Å²) in [7, 11) is 0. The van der Waals surface area contributed by atoms with Crippen molar-refractivity contribution in [2.75, 3.05) is 0 Å². The summed E-state index contributed by atoms with van der Waals surface area (Å²) in [6, 6.07) is 18.2. The monoisotopic (exact) mass is 357 g/mol. The zero-order valence-corrected chi connectivity index (χ0v) is 15.4. The van der Waals surface area contributed by atoms with Crippen molar-refractivity contribution in [3.05, 3.63) is 65.2 Å². The summed E-state index contributed by atoms with van der Waals surface area (Å²) in [5, 5.41) is 10.6. The van der Waals surface area contributed by atoms with Crippen LogP contribution >= 0.6 is 23.4 Å². The molecule has 24 heavy (non-hydrogen) atoms. The van der Waals surface area contributed by atoms with E-state index in [1.165, 1.54) is 5.56 Å². The third-order valence-corrected chi connectivity index (χ3v) is 4.83. The molecule has 3 nitrogen and oxygen atoms in total. The number of aromatic nitrogens is 3. The third kappa shape index (κ3) is 4.19. The molecule has 0 saturated carbocycles. The van der Waals surface area contributed by atoms with Crippen molar-refractivity contribution < 1.29 is 0 Å². The van der Waals surface area contributed by atoms with Crippen molar-refractivity contribution in [2.45, 2.75) is 31.3 Å². The molecule has 1 heterocycles. The van der Waals surface area contributed by atoms with Gasteiger partial charge in [-0.05, 0) is 23.6 Å². The zero-order valence-electron chi connectivity index (χ0n) is 13.8. The Hall–Kier alpha value is -1.78. The Balaban J connectivity index is 1.86. The smallest absolute Gasteiger partial charge is 0.191 e. The Morgan fingerprint density at radius 3 is 2.54 bits per heavy atom. The van der Waals surface area contributed by atoms with E-state index in [0.29, 0.717) is 5.92 Å². The van der Waals surface area contributed by atoms with Gasteiger partial charge in [0.1, 0.15) is 0 Å². The lowest BCUT2D eigenvalue weighted by molar-refractivity contribution is 0.498. The third-order valence-electron chi connectivity index (χ3n) is 3.55. The van der Waals surface area contributed by atoms with Crippen LogP contribution in [-0.4, -0.2) is 14.8 Å². The van der Waals surface area contributed by atoms with Crippen molar-refractivity contribution in [2.24, 2.45) is 5.92 Å². The summed E-state index contributed by atoms with van der Waals surface area (Å²) >= 11 is 7.77. The summed E-state index contributed by atoms with van der Waals surface area (Å²) in [6.45, 7) is 5.31. The molecular formula is C19H20ClN3S. The quantitative estimate of drug-likeness (QED) is 0.542. The van der Waals surface area contributed by atoms with E-state index in [-0.39, 0.29) is 0 Å². The van der Waals surface area contributed by atoms with Crippen molar-refractivity contribution in [3.63, 3.8) is 0 Å². The van der Waals surface area contributed by atoms with Gasteiger partial charge >= 0.3 is 0 Å². The van der Waals surface area contributed by atoms with Crippen LogP contribution in [0.4, 0.5) is 0 Å². The lowest BCUT2D eigenvalue weighted by atomic mass is 10.2. The van der Waals surface area contributed by atoms with Crippen molar-refractivity contribution in [1.29, 1.82) is 0 Å². The molecule has 0 aliphatic carbocycles. The maximum absolute atomic E-state index is 6.07. The maximum Gasteiger partial charge on any atom is 0.191 e. The lowest BCUT2D eigenvalue weighted by Crippen LogP contribution is -2.07. The first-order valence-corrected chi connectivity index (χ1v) is 9.35. The van der Waals surface area contributed by atoms with E-state index in [9.17, 15) is 0 Å². The normalized spacial score (nSPS) is 11.2. The van der Waals surface area contributed by atoms with Gasteiger partial charge in [-0.25, -0.2) is 0 Å².